The molecule has 4 heteroatoms. The van der Waals surface area contributed by atoms with E-state index in [0.717, 1.165) is 25.7 Å². The fraction of sp³-hybridized carbons (Fsp3) is 0.923. The van der Waals surface area contributed by atoms with Gasteiger partial charge in [-0.3, -0.25) is 0 Å². The van der Waals surface area contributed by atoms with Gasteiger partial charge in [0.05, 0.1) is 6.61 Å². The molecule has 0 heterocycles. The van der Waals surface area contributed by atoms with Crippen molar-refractivity contribution < 1.29 is 19.4 Å². The van der Waals surface area contributed by atoms with Crippen LogP contribution in [0.15, 0.2) is 0 Å². The summed E-state index contributed by atoms with van der Waals surface area (Å²) in [4.78, 5) is 10.5. The molecule has 0 spiro atoms. The summed E-state index contributed by atoms with van der Waals surface area (Å²) in [7, 11) is 0. The average molecular weight is 246 g/mol. The Morgan fingerprint density at radius 1 is 1.06 bits per heavy atom. The number of rotatable bonds is 11. The Balaban J connectivity index is 3.65. The molecule has 0 bridgehead atoms. The Hall–Kier alpha value is -0.770. The third-order valence-corrected chi connectivity index (χ3v) is 2.58. The Labute approximate surface area is 104 Å². The van der Waals surface area contributed by atoms with E-state index in [1.54, 1.807) is 0 Å². The second kappa shape index (κ2) is 11.7. The first-order chi connectivity index (χ1) is 8.20. The lowest BCUT2D eigenvalue weighted by molar-refractivity contribution is -0.121. The molecule has 0 radical (unpaired) electrons. The molecule has 0 aromatic carbocycles. The van der Waals surface area contributed by atoms with Gasteiger partial charge in [0, 0.05) is 6.42 Å². The van der Waals surface area contributed by atoms with Crippen molar-refractivity contribution in [3.05, 3.63) is 0 Å². The van der Waals surface area contributed by atoms with E-state index in [0.29, 0.717) is 13.0 Å². The fourth-order valence-corrected chi connectivity index (χ4v) is 1.56. The average Bonchev–Trinajstić information content (AvgIpc) is 2.28. The summed E-state index contributed by atoms with van der Waals surface area (Å²) in [6.07, 6.45) is 6.54. The molecule has 0 fully saturated rings. The smallest absolute Gasteiger partial charge is 0.450 e. The van der Waals surface area contributed by atoms with Crippen LogP contribution in [0, 0.1) is 0 Å². The largest absolute Gasteiger partial charge is 0.508 e. The molecule has 0 aromatic rings. The van der Waals surface area contributed by atoms with E-state index >= 15 is 0 Å². The number of unbranched alkanes of at least 4 members (excludes halogenated alkanes) is 5. The third kappa shape index (κ3) is 11.5. The maximum atomic E-state index is 10.5. The van der Waals surface area contributed by atoms with Gasteiger partial charge in [0.1, 0.15) is 0 Å². The van der Waals surface area contributed by atoms with Crippen molar-refractivity contribution in [3.8, 4) is 0 Å². The third-order valence-electron chi connectivity index (χ3n) is 2.58. The van der Waals surface area contributed by atoms with Crippen LogP contribution in [0.2, 0.25) is 0 Å². The van der Waals surface area contributed by atoms with Crippen molar-refractivity contribution in [2.24, 2.45) is 0 Å². The molecule has 0 saturated carbocycles. The van der Waals surface area contributed by atoms with E-state index in [2.05, 4.69) is 13.8 Å². The summed E-state index contributed by atoms with van der Waals surface area (Å²) in [5.41, 5.74) is 0. The number of hydrogen-bond donors (Lipinski definition) is 1. The quantitative estimate of drug-likeness (QED) is 0.337. The van der Waals surface area contributed by atoms with Gasteiger partial charge in [-0.05, 0) is 12.8 Å². The normalized spacial score (nSPS) is 12.4. The predicted octanol–water partition coefficient (Wildman–Crippen LogP) is 4.18. The van der Waals surface area contributed by atoms with Crippen molar-refractivity contribution in [2.75, 3.05) is 6.61 Å². The molecule has 0 aliphatic rings. The Morgan fingerprint density at radius 3 is 2.29 bits per heavy atom. The monoisotopic (exact) mass is 246 g/mol. The maximum Gasteiger partial charge on any atom is 0.508 e. The molecule has 102 valence electrons. The second-order valence-electron chi connectivity index (χ2n) is 4.24. The minimum atomic E-state index is -1.25. The molecule has 0 saturated heterocycles. The van der Waals surface area contributed by atoms with Crippen LogP contribution in [-0.4, -0.2) is 24.2 Å². The molecule has 0 aromatic heterocycles. The van der Waals surface area contributed by atoms with E-state index in [1.165, 1.54) is 19.3 Å². The summed E-state index contributed by atoms with van der Waals surface area (Å²) in [5, 5.41) is 8.58. The van der Waals surface area contributed by atoms with Crippen LogP contribution in [0.5, 0.6) is 0 Å². The first-order valence-corrected chi connectivity index (χ1v) is 6.71. The summed E-state index contributed by atoms with van der Waals surface area (Å²) in [6.45, 7) is 4.81. The summed E-state index contributed by atoms with van der Waals surface area (Å²) >= 11 is 0. The van der Waals surface area contributed by atoms with Gasteiger partial charge in [-0.2, -0.15) is 0 Å². The van der Waals surface area contributed by atoms with Gasteiger partial charge in [-0.1, -0.05) is 46.0 Å². The molecule has 0 rings (SSSR count). The van der Waals surface area contributed by atoms with E-state index in [9.17, 15) is 4.79 Å². The minimum Gasteiger partial charge on any atom is -0.450 e. The molecule has 1 atom stereocenters. The van der Waals surface area contributed by atoms with Crippen LogP contribution in [0.3, 0.4) is 0 Å². The Bertz CT molecular complexity index is 182. The van der Waals surface area contributed by atoms with Crippen molar-refractivity contribution in [2.45, 2.75) is 71.5 Å². The lowest BCUT2D eigenvalue weighted by atomic mass is 10.1. The van der Waals surface area contributed by atoms with Crippen LogP contribution < -0.4 is 0 Å². The Morgan fingerprint density at radius 2 is 1.71 bits per heavy atom. The molecule has 0 aliphatic carbocycles. The number of hydrogen-bond acceptors (Lipinski definition) is 3. The highest BCUT2D eigenvalue weighted by Gasteiger charge is 2.13. The summed E-state index contributed by atoms with van der Waals surface area (Å²) in [6, 6.07) is 0. The predicted molar refractivity (Wildman–Crippen MR) is 67.1 cm³/mol. The second-order valence-corrected chi connectivity index (χ2v) is 4.24. The zero-order chi connectivity index (χ0) is 12.9. The van der Waals surface area contributed by atoms with E-state index in [-0.39, 0.29) is 0 Å². The number of carbonyl (C=O) groups is 1. The van der Waals surface area contributed by atoms with Crippen molar-refractivity contribution in [1.82, 2.24) is 0 Å². The van der Waals surface area contributed by atoms with Crippen LogP contribution in [-0.2, 0) is 9.47 Å². The van der Waals surface area contributed by atoms with Gasteiger partial charge in [-0.25, -0.2) is 4.79 Å². The van der Waals surface area contributed by atoms with E-state index in [4.69, 9.17) is 14.6 Å². The first kappa shape index (κ1) is 16.2. The molecule has 1 N–H and O–H groups in total. The molecule has 0 amide bonds. The van der Waals surface area contributed by atoms with Crippen LogP contribution in [0.1, 0.15) is 65.2 Å². The molecular weight excluding hydrogens is 220 g/mol. The van der Waals surface area contributed by atoms with Crippen LogP contribution >= 0.6 is 0 Å². The maximum absolute atomic E-state index is 10.5. The standard InChI is InChI=1S/C13H26O4/c1-3-5-7-8-9-10-12(17-13(14)15)16-11-6-4-2/h12H,3-11H2,1-2H3,(H,14,15). The van der Waals surface area contributed by atoms with E-state index < -0.39 is 12.4 Å². The molecular formula is C13H26O4. The summed E-state index contributed by atoms with van der Waals surface area (Å²) < 4.78 is 10.1. The van der Waals surface area contributed by atoms with Crippen molar-refractivity contribution in [3.63, 3.8) is 0 Å². The number of ether oxygens (including phenoxy) is 2. The number of carboxylic acid groups (broad SMARTS) is 1. The van der Waals surface area contributed by atoms with Gasteiger partial charge in [0.2, 0.25) is 6.29 Å². The highest BCUT2D eigenvalue weighted by molar-refractivity contribution is 5.56. The molecule has 17 heavy (non-hydrogen) atoms. The van der Waals surface area contributed by atoms with Crippen molar-refractivity contribution >= 4 is 6.16 Å². The lowest BCUT2D eigenvalue weighted by Gasteiger charge is -2.16. The molecule has 1 unspecified atom stereocenters. The fourth-order valence-electron chi connectivity index (χ4n) is 1.56. The Kier molecular flexibility index (Phi) is 11.2. The van der Waals surface area contributed by atoms with Gasteiger partial charge < -0.3 is 14.6 Å². The van der Waals surface area contributed by atoms with Crippen LogP contribution in [0.4, 0.5) is 4.79 Å². The first-order valence-electron chi connectivity index (χ1n) is 6.71. The van der Waals surface area contributed by atoms with Gasteiger partial charge >= 0.3 is 6.16 Å². The molecule has 4 nitrogen and oxygen atoms in total. The zero-order valence-electron chi connectivity index (χ0n) is 11.1. The topological polar surface area (TPSA) is 55.8 Å². The SMILES string of the molecule is CCCCCCCC(OCCCC)OC(=O)O. The van der Waals surface area contributed by atoms with Gasteiger partial charge in [-0.15, -0.1) is 0 Å². The summed E-state index contributed by atoms with van der Waals surface area (Å²) in [5.74, 6) is 0. The minimum absolute atomic E-state index is 0.573. The van der Waals surface area contributed by atoms with E-state index in [1.807, 2.05) is 0 Å². The zero-order valence-corrected chi connectivity index (χ0v) is 11.1. The van der Waals surface area contributed by atoms with Crippen LogP contribution in [0.25, 0.3) is 0 Å². The van der Waals surface area contributed by atoms with Gasteiger partial charge in [0.25, 0.3) is 0 Å². The highest BCUT2D eigenvalue weighted by atomic mass is 16.8. The lowest BCUT2D eigenvalue weighted by Crippen LogP contribution is -2.21. The van der Waals surface area contributed by atoms with Gasteiger partial charge in [0.15, 0.2) is 0 Å². The highest BCUT2D eigenvalue weighted by Crippen LogP contribution is 2.11. The molecule has 0 aliphatic heterocycles. The van der Waals surface area contributed by atoms with Crippen molar-refractivity contribution in [1.29, 1.82) is 0 Å².